The van der Waals surface area contributed by atoms with Gasteiger partial charge in [-0.05, 0) is 42.5 Å². The molecular formula is C14H11FO3. The van der Waals surface area contributed by atoms with Crippen molar-refractivity contribution in [2.45, 2.75) is 0 Å². The number of carbonyl (C=O) groups excluding carboxylic acids is 1. The van der Waals surface area contributed by atoms with Gasteiger partial charge in [0.2, 0.25) is 0 Å². The van der Waals surface area contributed by atoms with Crippen LogP contribution in [0.1, 0.15) is 15.9 Å². The standard InChI is InChI=1S/C14H11FO3/c1-18-13-7-4-10(8-12(13)16)14(17)9-2-5-11(15)6-3-9/h2-8,16H,1H3. The summed E-state index contributed by atoms with van der Waals surface area (Å²) in [6.07, 6.45) is 0. The first-order valence-electron chi connectivity index (χ1n) is 5.29. The highest BCUT2D eigenvalue weighted by molar-refractivity contribution is 6.09. The molecule has 0 aliphatic heterocycles. The number of hydrogen-bond acceptors (Lipinski definition) is 3. The molecule has 4 heteroatoms. The average Bonchev–Trinajstić information content (AvgIpc) is 2.38. The molecule has 0 spiro atoms. The average molecular weight is 246 g/mol. The smallest absolute Gasteiger partial charge is 0.193 e. The van der Waals surface area contributed by atoms with Crippen LogP contribution in [0.4, 0.5) is 4.39 Å². The summed E-state index contributed by atoms with van der Waals surface area (Å²) in [6, 6.07) is 9.62. The number of ether oxygens (including phenoxy) is 1. The fourth-order valence-corrected chi connectivity index (χ4v) is 1.60. The topological polar surface area (TPSA) is 46.5 Å². The minimum atomic E-state index is -0.399. The third kappa shape index (κ3) is 2.32. The van der Waals surface area contributed by atoms with Crippen molar-refractivity contribution in [2.24, 2.45) is 0 Å². The van der Waals surface area contributed by atoms with E-state index >= 15 is 0 Å². The molecule has 0 aliphatic carbocycles. The molecule has 18 heavy (non-hydrogen) atoms. The van der Waals surface area contributed by atoms with Crippen LogP contribution in [-0.4, -0.2) is 18.0 Å². The quantitative estimate of drug-likeness (QED) is 0.847. The maximum absolute atomic E-state index is 12.7. The van der Waals surface area contributed by atoms with Gasteiger partial charge in [-0.3, -0.25) is 4.79 Å². The fourth-order valence-electron chi connectivity index (χ4n) is 1.60. The summed E-state index contributed by atoms with van der Waals surface area (Å²) in [5.41, 5.74) is 0.681. The maximum atomic E-state index is 12.7. The number of phenols is 1. The summed E-state index contributed by atoms with van der Waals surface area (Å²) in [5.74, 6) is -0.492. The Morgan fingerprint density at radius 1 is 1.11 bits per heavy atom. The molecule has 0 bridgehead atoms. The van der Waals surface area contributed by atoms with Crippen LogP contribution in [0, 0.1) is 5.82 Å². The van der Waals surface area contributed by atoms with Crippen LogP contribution >= 0.6 is 0 Å². The molecule has 0 amide bonds. The van der Waals surface area contributed by atoms with Gasteiger partial charge in [0.1, 0.15) is 5.82 Å². The largest absolute Gasteiger partial charge is 0.504 e. The molecule has 0 aromatic heterocycles. The van der Waals surface area contributed by atoms with Crippen LogP contribution in [0.5, 0.6) is 11.5 Å². The van der Waals surface area contributed by atoms with Gasteiger partial charge in [0.25, 0.3) is 0 Å². The second kappa shape index (κ2) is 4.87. The number of hydrogen-bond donors (Lipinski definition) is 1. The van der Waals surface area contributed by atoms with Crippen LogP contribution in [0.2, 0.25) is 0 Å². The van der Waals surface area contributed by atoms with Crippen LogP contribution in [0.25, 0.3) is 0 Å². The monoisotopic (exact) mass is 246 g/mol. The molecule has 2 rings (SSSR count). The summed E-state index contributed by atoms with van der Waals surface area (Å²) < 4.78 is 17.6. The third-order valence-corrected chi connectivity index (χ3v) is 2.55. The first kappa shape index (κ1) is 12.1. The van der Waals surface area contributed by atoms with Gasteiger partial charge in [-0.1, -0.05) is 0 Å². The minimum absolute atomic E-state index is 0.106. The van der Waals surface area contributed by atoms with E-state index in [1.54, 1.807) is 6.07 Å². The molecule has 1 N–H and O–H groups in total. The first-order chi connectivity index (χ1) is 8.61. The van der Waals surface area contributed by atoms with Crippen LogP contribution < -0.4 is 4.74 Å². The molecular weight excluding hydrogens is 235 g/mol. The van der Waals surface area contributed by atoms with E-state index in [4.69, 9.17) is 4.74 Å². The zero-order chi connectivity index (χ0) is 13.1. The highest BCUT2D eigenvalue weighted by Gasteiger charge is 2.11. The van der Waals surface area contributed by atoms with Crippen LogP contribution in [-0.2, 0) is 0 Å². The normalized spacial score (nSPS) is 10.1. The van der Waals surface area contributed by atoms with Crippen molar-refractivity contribution in [1.82, 2.24) is 0 Å². The van der Waals surface area contributed by atoms with E-state index in [1.807, 2.05) is 0 Å². The molecule has 0 radical (unpaired) electrons. The summed E-state index contributed by atoms with van der Waals surface area (Å²) >= 11 is 0. The number of halogens is 1. The highest BCUT2D eigenvalue weighted by atomic mass is 19.1. The molecule has 0 fully saturated rings. The van der Waals surface area contributed by atoms with Crippen molar-refractivity contribution in [3.8, 4) is 11.5 Å². The number of ketones is 1. The Labute approximate surface area is 103 Å². The second-order valence-electron chi connectivity index (χ2n) is 3.72. The van der Waals surface area contributed by atoms with E-state index in [0.29, 0.717) is 16.9 Å². The minimum Gasteiger partial charge on any atom is -0.504 e. The van der Waals surface area contributed by atoms with Gasteiger partial charge in [-0.15, -0.1) is 0 Å². The van der Waals surface area contributed by atoms with E-state index in [2.05, 4.69) is 0 Å². The highest BCUT2D eigenvalue weighted by Crippen LogP contribution is 2.27. The summed E-state index contributed by atoms with van der Waals surface area (Å²) in [6.45, 7) is 0. The van der Waals surface area contributed by atoms with Crippen LogP contribution in [0.15, 0.2) is 42.5 Å². The van der Waals surface area contributed by atoms with Gasteiger partial charge in [-0.25, -0.2) is 4.39 Å². The molecule has 0 saturated carbocycles. The lowest BCUT2D eigenvalue weighted by Gasteiger charge is -2.05. The van der Waals surface area contributed by atoms with E-state index in [9.17, 15) is 14.3 Å². The Hall–Kier alpha value is -2.36. The SMILES string of the molecule is COc1ccc(C(=O)c2ccc(F)cc2)cc1O. The zero-order valence-corrected chi connectivity index (χ0v) is 9.68. The number of aromatic hydroxyl groups is 1. The van der Waals surface area contributed by atoms with Gasteiger partial charge in [-0.2, -0.15) is 0 Å². The molecule has 0 atom stereocenters. The van der Waals surface area contributed by atoms with Crippen molar-refractivity contribution < 1.29 is 19.0 Å². The zero-order valence-electron chi connectivity index (χ0n) is 9.68. The van der Waals surface area contributed by atoms with Crippen molar-refractivity contribution in [3.63, 3.8) is 0 Å². The van der Waals surface area contributed by atoms with Gasteiger partial charge in [0.15, 0.2) is 17.3 Å². The predicted molar refractivity (Wildman–Crippen MR) is 64.5 cm³/mol. The molecule has 0 heterocycles. The van der Waals surface area contributed by atoms with Crippen molar-refractivity contribution in [2.75, 3.05) is 7.11 Å². The van der Waals surface area contributed by atoms with E-state index in [0.717, 1.165) is 0 Å². The molecule has 92 valence electrons. The number of phenolic OH excluding ortho intramolecular Hbond substituents is 1. The van der Waals surface area contributed by atoms with Crippen molar-refractivity contribution >= 4 is 5.78 Å². The molecule has 0 aliphatic rings. The lowest BCUT2D eigenvalue weighted by Crippen LogP contribution is -2.01. The van der Waals surface area contributed by atoms with Crippen LogP contribution in [0.3, 0.4) is 0 Å². The third-order valence-electron chi connectivity index (χ3n) is 2.55. The molecule has 3 nitrogen and oxygen atoms in total. The fraction of sp³-hybridized carbons (Fsp3) is 0.0714. The second-order valence-corrected chi connectivity index (χ2v) is 3.72. The van der Waals surface area contributed by atoms with Crippen molar-refractivity contribution in [1.29, 1.82) is 0 Å². The number of methoxy groups -OCH3 is 1. The number of benzene rings is 2. The summed E-state index contributed by atoms with van der Waals surface area (Å²) in [7, 11) is 1.43. The maximum Gasteiger partial charge on any atom is 0.193 e. The summed E-state index contributed by atoms with van der Waals surface area (Å²) in [4.78, 5) is 12.0. The van der Waals surface area contributed by atoms with Gasteiger partial charge < -0.3 is 9.84 Å². The van der Waals surface area contributed by atoms with E-state index in [1.165, 1.54) is 43.5 Å². The van der Waals surface area contributed by atoms with Crippen molar-refractivity contribution in [3.05, 3.63) is 59.4 Å². The number of carbonyl (C=O) groups is 1. The Morgan fingerprint density at radius 2 is 1.72 bits per heavy atom. The first-order valence-corrected chi connectivity index (χ1v) is 5.29. The van der Waals surface area contributed by atoms with Gasteiger partial charge in [0.05, 0.1) is 7.11 Å². The molecule has 2 aromatic rings. The Kier molecular flexibility index (Phi) is 3.28. The predicted octanol–water partition coefficient (Wildman–Crippen LogP) is 2.77. The summed E-state index contributed by atoms with van der Waals surface area (Å²) in [5, 5.41) is 9.59. The van der Waals surface area contributed by atoms with Gasteiger partial charge >= 0.3 is 0 Å². The molecule has 2 aromatic carbocycles. The van der Waals surface area contributed by atoms with E-state index < -0.39 is 5.82 Å². The Morgan fingerprint density at radius 3 is 2.28 bits per heavy atom. The molecule has 0 saturated heterocycles. The Balaban J connectivity index is 2.34. The van der Waals surface area contributed by atoms with Gasteiger partial charge in [0, 0.05) is 11.1 Å². The Bertz CT molecular complexity index is 576. The molecule has 0 unspecified atom stereocenters. The lowest BCUT2D eigenvalue weighted by atomic mass is 10.0. The van der Waals surface area contributed by atoms with E-state index in [-0.39, 0.29) is 11.5 Å². The number of rotatable bonds is 3. The lowest BCUT2D eigenvalue weighted by molar-refractivity contribution is 0.103.